The molecule has 3 heteroatoms. The van der Waals surface area contributed by atoms with Gasteiger partial charge in [-0.15, -0.1) is 0 Å². The molecular formula is C16H24N2O. The van der Waals surface area contributed by atoms with Crippen LogP contribution >= 0.6 is 0 Å². The van der Waals surface area contributed by atoms with Crippen LogP contribution in [0.4, 0.5) is 0 Å². The van der Waals surface area contributed by atoms with Crippen LogP contribution in [-0.2, 0) is 11.3 Å². The molecule has 2 fully saturated rings. The van der Waals surface area contributed by atoms with Gasteiger partial charge in [0.2, 0.25) is 0 Å². The van der Waals surface area contributed by atoms with Gasteiger partial charge in [0, 0.05) is 31.6 Å². The maximum absolute atomic E-state index is 6.14. The summed E-state index contributed by atoms with van der Waals surface area (Å²) in [5, 5.41) is 3.70. The SMILES string of the molecule is c1cc(CNC2CCOC3(CCCCC3)C2)ccn1. The average molecular weight is 260 g/mol. The van der Waals surface area contributed by atoms with Gasteiger partial charge in [-0.1, -0.05) is 19.3 Å². The van der Waals surface area contributed by atoms with Crippen LogP contribution < -0.4 is 5.32 Å². The van der Waals surface area contributed by atoms with E-state index in [1.807, 2.05) is 12.4 Å². The van der Waals surface area contributed by atoms with Crippen LogP contribution in [0.5, 0.6) is 0 Å². The summed E-state index contributed by atoms with van der Waals surface area (Å²) in [6.07, 6.45) is 12.7. The second-order valence-corrected chi connectivity index (χ2v) is 6.02. The van der Waals surface area contributed by atoms with Crippen molar-refractivity contribution in [3.05, 3.63) is 30.1 Å². The molecule has 0 radical (unpaired) electrons. The molecule has 1 aromatic rings. The van der Waals surface area contributed by atoms with E-state index in [0.29, 0.717) is 6.04 Å². The largest absolute Gasteiger partial charge is 0.375 e. The molecule has 1 aromatic heterocycles. The number of pyridine rings is 1. The van der Waals surface area contributed by atoms with E-state index >= 15 is 0 Å². The molecule has 104 valence electrons. The number of ether oxygens (including phenoxy) is 1. The van der Waals surface area contributed by atoms with Crippen LogP contribution in [0.2, 0.25) is 0 Å². The number of nitrogens with one attached hydrogen (secondary N) is 1. The highest BCUT2D eigenvalue weighted by Crippen LogP contribution is 2.38. The van der Waals surface area contributed by atoms with E-state index in [4.69, 9.17) is 4.74 Å². The van der Waals surface area contributed by atoms with Crippen molar-refractivity contribution in [2.75, 3.05) is 6.61 Å². The molecule has 1 aliphatic heterocycles. The number of nitrogens with zero attached hydrogens (tertiary/aromatic N) is 1. The minimum Gasteiger partial charge on any atom is -0.375 e. The molecule has 0 bridgehead atoms. The van der Waals surface area contributed by atoms with Crippen LogP contribution in [0, 0.1) is 0 Å². The number of hydrogen-bond acceptors (Lipinski definition) is 3. The molecule has 0 amide bonds. The summed E-state index contributed by atoms with van der Waals surface area (Å²) in [6, 6.07) is 4.78. The predicted octanol–water partition coefficient (Wildman–Crippen LogP) is 3.05. The number of rotatable bonds is 3. The first-order chi connectivity index (χ1) is 9.36. The highest BCUT2D eigenvalue weighted by molar-refractivity contribution is 5.09. The maximum atomic E-state index is 6.14. The van der Waals surface area contributed by atoms with E-state index in [0.717, 1.165) is 19.6 Å². The normalized spacial score (nSPS) is 26.4. The van der Waals surface area contributed by atoms with E-state index in [1.165, 1.54) is 44.1 Å². The number of aromatic nitrogens is 1. The van der Waals surface area contributed by atoms with E-state index in [9.17, 15) is 0 Å². The van der Waals surface area contributed by atoms with Crippen molar-refractivity contribution in [3.8, 4) is 0 Å². The van der Waals surface area contributed by atoms with Crippen LogP contribution in [0.1, 0.15) is 50.5 Å². The van der Waals surface area contributed by atoms with Crippen LogP contribution in [0.15, 0.2) is 24.5 Å². The second-order valence-electron chi connectivity index (χ2n) is 6.02. The standard InChI is InChI=1S/C16H24N2O/c1-2-7-16(8-3-1)12-15(6-11-19-16)18-13-14-4-9-17-10-5-14/h4-5,9-10,15,18H,1-3,6-8,11-13H2. The highest BCUT2D eigenvalue weighted by atomic mass is 16.5. The number of hydrogen-bond donors (Lipinski definition) is 1. The summed E-state index contributed by atoms with van der Waals surface area (Å²) in [4.78, 5) is 4.06. The molecule has 2 aliphatic rings. The lowest BCUT2D eigenvalue weighted by molar-refractivity contribution is -0.109. The van der Waals surface area contributed by atoms with Crippen molar-refractivity contribution in [2.24, 2.45) is 0 Å². The molecule has 1 unspecified atom stereocenters. The molecule has 1 spiro atoms. The Morgan fingerprint density at radius 2 is 2.00 bits per heavy atom. The predicted molar refractivity (Wildman–Crippen MR) is 75.9 cm³/mol. The summed E-state index contributed by atoms with van der Waals surface area (Å²) in [6.45, 7) is 1.87. The first kappa shape index (κ1) is 13.1. The molecule has 1 saturated carbocycles. The minimum absolute atomic E-state index is 0.201. The molecule has 3 nitrogen and oxygen atoms in total. The van der Waals surface area contributed by atoms with Gasteiger partial charge in [-0.3, -0.25) is 4.98 Å². The third-order valence-electron chi connectivity index (χ3n) is 4.60. The Morgan fingerprint density at radius 3 is 2.79 bits per heavy atom. The lowest BCUT2D eigenvalue weighted by Gasteiger charge is -2.43. The smallest absolute Gasteiger partial charge is 0.0697 e. The first-order valence-electron chi connectivity index (χ1n) is 7.63. The van der Waals surface area contributed by atoms with Crippen molar-refractivity contribution >= 4 is 0 Å². The molecule has 1 saturated heterocycles. The molecule has 19 heavy (non-hydrogen) atoms. The molecular weight excluding hydrogens is 236 g/mol. The van der Waals surface area contributed by atoms with Gasteiger partial charge in [-0.05, 0) is 43.4 Å². The fourth-order valence-corrected chi connectivity index (χ4v) is 3.51. The van der Waals surface area contributed by atoms with Crippen molar-refractivity contribution in [1.82, 2.24) is 10.3 Å². The summed E-state index contributed by atoms with van der Waals surface area (Å²) in [5.74, 6) is 0. The Kier molecular flexibility index (Phi) is 4.14. The molecule has 1 aliphatic carbocycles. The second kappa shape index (κ2) is 6.02. The summed E-state index contributed by atoms with van der Waals surface area (Å²) < 4.78 is 6.14. The van der Waals surface area contributed by atoms with Gasteiger partial charge in [0.1, 0.15) is 0 Å². The molecule has 0 aromatic carbocycles. The molecule has 2 heterocycles. The van der Waals surface area contributed by atoms with Crippen LogP contribution in [0.3, 0.4) is 0 Å². The average Bonchev–Trinajstić information content (AvgIpc) is 2.47. The Balaban J connectivity index is 1.53. The third-order valence-corrected chi connectivity index (χ3v) is 4.60. The summed E-state index contributed by atoms with van der Waals surface area (Å²) in [7, 11) is 0. The third kappa shape index (κ3) is 3.34. The van der Waals surface area contributed by atoms with Gasteiger partial charge < -0.3 is 10.1 Å². The Labute approximate surface area is 115 Å². The molecule has 3 rings (SSSR count). The van der Waals surface area contributed by atoms with Gasteiger partial charge in [-0.2, -0.15) is 0 Å². The van der Waals surface area contributed by atoms with E-state index in [1.54, 1.807) is 0 Å². The van der Waals surface area contributed by atoms with E-state index in [-0.39, 0.29) is 5.60 Å². The van der Waals surface area contributed by atoms with Gasteiger partial charge in [0.15, 0.2) is 0 Å². The fraction of sp³-hybridized carbons (Fsp3) is 0.688. The van der Waals surface area contributed by atoms with Gasteiger partial charge in [0.05, 0.1) is 5.60 Å². The zero-order chi connectivity index (χ0) is 13.0. The Morgan fingerprint density at radius 1 is 1.21 bits per heavy atom. The summed E-state index contributed by atoms with van der Waals surface area (Å²) >= 11 is 0. The van der Waals surface area contributed by atoms with Crippen molar-refractivity contribution in [1.29, 1.82) is 0 Å². The monoisotopic (exact) mass is 260 g/mol. The van der Waals surface area contributed by atoms with Crippen molar-refractivity contribution in [3.63, 3.8) is 0 Å². The van der Waals surface area contributed by atoms with Crippen molar-refractivity contribution in [2.45, 2.75) is 63.1 Å². The lowest BCUT2D eigenvalue weighted by atomic mass is 9.78. The van der Waals surface area contributed by atoms with E-state index in [2.05, 4.69) is 22.4 Å². The minimum atomic E-state index is 0.201. The fourth-order valence-electron chi connectivity index (χ4n) is 3.51. The molecule has 1 N–H and O–H groups in total. The van der Waals surface area contributed by atoms with Crippen LogP contribution in [0.25, 0.3) is 0 Å². The quantitative estimate of drug-likeness (QED) is 0.907. The van der Waals surface area contributed by atoms with Crippen LogP contribution in [-0.4, -0.2) is 23.2 Å². The topological polar surface area (TPSA) is 34.1 Å². The summed E-state index contributed by atoms with van der Waals surface area (Å²) in [5.41, 5.74) is 1.52. The molecule has 1 atom stereocenters. The zero-order valence-corrected chi connectivity index (χ0v) is 11.6. The van der Waals surface area contributed by atoms with Gasteiger partial charge in [0.25, 0.3) is 0 Å². The lowest BCUT2D eigenvalue weighted by Crippen LogP contribution is -2.47. The first-order valence-corrected chi connectivity index (χ1v) is 7.63. The Hall–Kier alpha value is -0.930. The maximum Gasteiger partial charge on any atom is 0.0697 e. The van der Waals surface area contributed by atoms with Gasteiger partial charge >= 0.3 is 0 Å². The van der Waals surface area contributed by atoms with E-state index < -0.39 is 0 Å². The van der Waals surface area contributed by atoms with Crippen molar-refractivity contribution < 1.29 is 4.74 Å². The zero-order valence-electron chi connectivity index (χ0n) is 11.6. The Bertz CT molecular complexity index is 381. The highest BCUT2D eigenvalue weighted by Gasteiger charge is 2.38. The van der Waals surface area contributed by atoms with Gasteiger partial charge in [-0.25, -0.2) is 0 Å².